The summed E-state index contributed by atoms with van der Waals surface area (Å²) in [6.45, 7) is 5.44. The quantitative estimate of drug-likeness (QED) is 0.842. The van der Waals surface area contributed by atoms with Crippen LogP contribution in [0, 0.1) is 0 Å². The fourth-order valence-corrected chi connectivity index (χ4v) is 3.05. The van der Waals surface area contributed by atoms with Crippen molar-refractivity contribution in [2.45, 2.75) is 12.8 Å². The van der Waals surface area contributed by atoms with E-state index in [0.717, 1.165) is 37.7 Å². The Balaban J connectivity index is 1.87. The van der Waals surface area contributed by atoms with Crippen molar-refractivity contribution in [3.05, 3.63) is 22.7 Å². The van der Waals surface area contributed by atoms with Crippen molar-refractivity contribution in [3.8, 4) is 0 Å². The summed E-state index contributed by atoms with van der Waals surface area (Å²) in [4.78, 5) is 4.78. The maximum absolute atomic E-state index is 6.44. The molecule has 1 saturated heterocycles. The van der Waals surface area contributed by atoms with Crippen LogP contribution in [-0.4, -0.2) is 44.7 Å². The SMILES string of the molecule is CN1CCN(c2cc3c(cc2Cl)NCCC3)CC1. The molecule has 0 atom stereocenters. The van der Waals surface area contributed by atoms with Gasteiger partial charge >= 0.3 is 0 Å². The Labute approximate surface area is 114 Å². The zero-order valence-electron chi connectivity index (χ0n) is 10.9. The first-order valence-corrected chi connectivity index (χ1v) is 7.11. The van der Waals surface area contributed by atoms with E-state index in [9.17, 15) is 0 Å². The number of nitrogens with zero attached hydrogens (tertiary/aromatic N) is 2. The lowest BCUT2D eigenvalue weighted by Gasteiger charge is -2.35. The van der Waals surface area contributed by atoms with Crippen LogP contribution in [0.5, 0.6) is 0 Å². The minimum absolute atomic E-state index is 0.882. The summed E-state index contributed by atoms with van der Waals surface area (Å²) in [6, 6.07) is 4.39. The lowest BCUT2D eigenvalue weighted by molar-refractivity contribution is 0.313. The summed E-state index contributed by atoms with van der Waals surface area (Å²) in [5.74, 6) is 0. The Bertz CT molecular complexity index is 439. The third kappa shape index (κ3) is 2.29. The second-order valence-corrected chi connectivity index (χ2v) is 5.69. The third-order valence-corrected chi connectivity index (χ3v) is 4.26. The molecule has 0 radical (unpaired) electrons. The predicted molar refractivity (Wildman–Crippen MR) is 78.0 cm³/mol. The molecule has 0 unspecified atom stereocenters. The van der Waals surface area contributed by atoms with E-state index in [4.69, 9.17) is 11.6 Å². The van der Waals surface area contributed by atoms with Crippen LogP contribution in [0.4, 0.5) is 11.4 Å². The predicted octanol–water partition coefficient (Wildman–Crippen LogP) is 2.45. The molecule has 0 aliphatic carbocycles. The fraction of sp³-hybridized carbons (Fsp3) is 0.571. The molecule has 3 nitrogen and oxygen atoms in total. The Morgan fingerprint density at radius 1 is 1.17 bits per heavy atom. The van der Waals surface area contributed by atoms with Crippen LogP contribution in [0.15, 0.2) is 12.1 Å². The molecule has 1 N–H and O–H groups in total. The number of aryl methyl sites for hydroxylation is 1. The Morgan fingerprint density at radius 3 is 2.72 bits per heavy atom. The van der Waals surface area contributed by atoms with Crippen molar-refractivity contribution in [1.82, 2.24) is 4.90 Å². The van der Waals surface area contributed by atoms with Gasteiger partial charge in [0.1, 0.15) is 0 Å². The Kier molecular flexibility index (Phi) is 3.35. The molecule has 2 aliphatic rings. The van der Waals surface area contributed by atoms with Crippen molar-refractivity contribution in [2.24, 2.45) is 0 Å². The van der Waals surface area contributed by atoms with Gasteiger partial charge in [-0.05, 0) is 37.6 Å². The van der Waals surface area contributed by atoms with Crippen LogP contribution in [0.3, 0.4) is 0 Å². The van der Waals surface area contributed by atoms with Crippen molar-refractivity contribution >= 4 is 23.0 Å². The van der Waals surface area contributed by atoms with E-state index in [2.05, 4.69) is 34.3 Å². The van der Waals surface area contributed by atoms with Crippen LogP contribution < -0.4 is 10.2 Å². The van der Waals surface area contributed by atoms with Gasteiger partial charge in [0, 0.05) is 38.4 Å². The minimum atomic E-state index is 0.882. The highest BCUT2D eigenvalue weighted by Gasteiger charge is 2.19. The van der Waals surface area contributed by atoms with E-state index in [1.54, 1.807) is 0 Å². The van der Waals surface area contributed by atoms with E-state index >= 15 is 0 Å². The van der Waals surface area contributed by atoms with Gasteiger partial charge in [0.15, 0.2) is 0 Å². The van der Waals surface area contributed by atoms with Gasteiger partial charge in [-0.15, -0.1) is 0 Å². The molecule has 2 aliphatic heterocycles. The molecule has 4 heteroatoms. The number of nitrogens with one attached hydrogen (secondary N) is 1. The van der Waals surface area contributed by atoms with Gasteiger partial charge < -0.3 is 15.1 Å². The number of piperazine rings is 1. The number of hydrogen-bond acceptors (Lipinski definition) is 3. The van der Waals surface area contributed by atoms with Crippen LogP contribution in [0.1, 0.15) is 12.0 Å². The van der Waals surface area contributed by atoms with Crippen molar-refractivity contribution < 1.29 is 0 Å². The second kappa shape index (κ2) is 4.98. The van der Waals surface area contributed by atoms with Crippen LogP contribution >= 0.6 is 11.6 Å². The standard InChI is InChI=1S/C14H20ClN3/c1-17-5-7-18(8-6-17)14-9-11-3-2-4-16-13(11)10-12(14)15/h9-10,16H,2-8H2,1H3. The molecule has 0 amide bonds. The lowest BCUT2D eigenvalue weighted by Crippen LogP contribution is -2.44. The molecule has 98 valence electrons. The monoisotopic (exact) mass is 265 g/mol. The fourth-order valence-electron chi connectivity index (χ4n) is 2.77. The normalized spacial score (nSPS) is 20.4. The summed E-state index contributed by atoms with van der Waals surface area (Å²) >= 11 is 6.44. The van der Waals surface area contributed by atoms with Crippen molar-refractivity contribution in [2.75, 3.05) is 50.0 Å². The summed E-state index contributed by atoms with van der Waals surface area (Å²) in [7, 11) is 2.18. The first-order chi connectivity index (χ1) is 8.74. The molecule has 18 heavy (non-hydrogen) atoms. The minimum Gasteiger partial charge on any atom is -0.385 e. The Morgan fingerprint density at radius 2 is 1.94 bits per heavy atom. The van der Waals surface area contributed by atoms with E-state index < -0.39 is 0 Å². The first kappa shape index (κ1) is 12.1. The van der Waals surface area contributed by atoms with Gasteiger partial charge in [-0.2, -0.15) is 0 Å². The van der Waals surface area contributed by atoms with Crippen molar-refractivity contribution in [1.29, 1.82) is 0 Å². The number of benzene rings is 1. The van der Waals surface area contributed by atoms with Gasteiger partial charge in [0.2, 0.25) is 0 Å². The smallest absolute Gasteiger partial charge is 0.0660 e. The molecule has 0 spiro atoms. The maximum atomic E-state index is 6.44. The summed E-state index contributed by atoms with van der Waals surface area (Å²) < 4.78 is 0. The first-order valence-electron chi connectivity index (χ1n) is 6.74. The third-order valence-electron chi connectivity index (χ3n) is 3.95. The van der Waals surface area contributed by atoms with E-state index in [0.29, 0.717) is 0 Å². The summed E-state index contributed by atoms with van der Waals surface area (Å²) in [5, 5.41) is 4.31. The molecular formula is C14H20ClN3. The summed E-state index contributed by atoms with van der Waals surface area (Å²) in [5.41, 5.74) is 3.86. The molecule has 2 heterocycles. The highest BCUT2D eigenvalue weighted by atomic mass is 35.5. The topological polar surface area (TPSA) is 18.5 Å². The highest BCUT2D eigenvalue weighted by molar-refractivity contribution is 6.33. The molecule has 0 aromatic heterocycles. The van der Waals surface area contributed by atoms with E-state index in [1.807, 2.05) is 0 Å². The molecule has 1 fully saturated rings. The number of hydrogen-bond donors (Lipinski definition) is 1. The van der Waals surface area contributed by atoms with Crippen LogP contribution in [0.2, 0.25) is 5.02 Å². The average molecular weight is 266 g/mol. The lowest BCUT2D eigenvalue weighted by atomic mass is 10.0. The molecular weight excluding hydrogens is 246 g/mol. The second-order valence-electron chi connectivity index (χ2n) is 5.28. The molecule has 0 bridgehead atoms. The molecule has 0 saturated carbocycles. The van der Waals surface area contributed by atoms with Gasteiger partial charge in [0.05, 0.1) is 10.7 Å². The maximum Gasteiger partial charge on any atom is 0.0660 e. The van der Waals surface area contributed by atoms with Gasteiger partial charge in [-0.3, -0.25) is 0 Å². The molecule has 3 rings (SSSR count). The van der Waals surface area contributed by atoms with Crippen molar-refractivity contribution in [3.63, 3.8) is 0 Å². The molecule has 1 aromatic rings. The summed E-state index contributed by atoms with van der Waals surface area (Å²) in [6.07, 6.45) is 2.39. The van der Waals surface area contributed by atoms with Crippen LogP contribution in [-0.2, 0) is 6.42 Å². The van der Waals surface area contributed by atoms with Gasteiger partial charge in [-0.1, -0.05) is 11.6 Å². The average Bonchev–Trinajstić information content (AvgIpc) is 2.39. The number of likely N-dealkylation sites (N-methyl/N-ethyl adjacent to an activating group) is 1. The number of fused-ring (bicyclic) bond motifs is 1. The number of rotatable bonds is 1. The Hall–Kier alpha value is -0.930. The van der Waals surface area contributed by atoms with Gasteiger partial charge in [0.25, 0.3) is 0 Å². The highest BCUT2D eigenvalue weighted by Crippen LogP contribution is 2.34. The van der Waals surface area contributed by atoms with Crippen LogP contribution in [0.25, 0.3) is 0 Å². The van der Waals surface area contributed by atoms with E-state index in [-0.39, 0.29) is 0 Å². The number of halogens is 1. The zero-order chi connectivity index (χ0) is 12.5. The largest absolute Gasteiger partial charge is 0.385 e. The van der Waals surface area contributed by atoms with E-state index in [1.165, 1.54) is 29.8 Å². The zero-order valence-corrected chi connectivity index (χ0v) is 11.6. The molecule has 1 aromatic carbocycles. The van der Waals surface area contributed by atoms with Gasteiger partial charge in [-0.25, -0.2) is 0 Å². The number of anilines is 2.